The Morgan fingerprint density at radius 3 is 2.41 bits per heavy atom. The van der Waals surface area contributed by atoms with Gasteiger partial charge in [0, 0.05) is 5.69 Å². The fourth-order valence-corrected chi connectivity index (χ4v) is 2.14. The molecule has 8 heteroatoms. The predicted octanol–water partition coefficient (Wildman–Crippen LogP) is 3.87. The molecule has 144 valence electrons. The summed E-state index contributed by atoms with van der Waals surface area (Å²) in [5, 5.41) is 2.62. The number of alkyl halides is 2. The lowest BCUT2D eigenvalue weighted by molar-refractivity contribution is -0.123. The standard InChI is InChI=1S/C19H19F2NO5/c1-3-25-16-11-13(9-10-15(16)27-19(20)21)18(24)26-12(2)17(23)22-14-7-5-4-6-8-14/h4-12,19H,3H2,1-2H3,(H,22,23)/t12-/m0/s1. The first-order valence-corrected chi connectivity index (χ1v) is 8.19. The molecule has 0 bridgehead atoms. The summed E-state index contributed by atoms with van der Waals surface area (Å²) in [6.07, 6.45) is -1.06. The van der Waals surface area contributed by atoms with Crippen molar-refractivity contribution >= 4 is 17.6 Å². The first-order valence-electron chi connectivity index (χ1n) is 8.19. The molecule has 0 aromatic heterocycles. The van der Waals surface area contributed by atoms with Crippen LogP contribution in [0.4, 0.5) is 14.5 Å². The van der Waals surface area contributed by atoms with Gasteiger partial charge in [0.05, 0.1) is 12.2 Å². The molecule has 0 fully saturated rings. The maximum atomic E-state index is 12.4. The van der Waals surface area contributed by atoms with Gasteiger partial charge in [0.15, 0.2) is 17.6 Å². The number of carbonyl (C=O) groups excluding carboxylic acids is 2. The Balaban J connectivity index is 2.05. The Hall–Kier alpha value is -3.16. The summed E-state index contributed by atoms with van der Waals surface area (Å²) in [5.74, 6) is -1.51. The van der Waals surface area contributed by atoms with E-state index in [1.165, 1.54) is 25.1 Å². The van der Waals surface area contributed by atoms with Gasteiger partial charge in [-0.3, -0.25) is 4.79 Å². The largest absolute Gasteiger partial charge is 0.490 e. The van der Waals surface area contributed by atoms with Gasteiger partial charge in [-0.1, -0.05) is 18.2 Å². The van der Waals surface area contributed by atoms with Crippen molar-refractivity contribution in [2.75, 3.05) is 11.9 Å². The van der Waals surface area contributed by atoms with Crippen LogP contribution in [0.1, 0.15) is 24.2 Å². The quantitative estimate of drug-likeness (QED) is 0.705. The SMILES string of the molecule is CCOc1cc(C(=O)O[C@@H](C)C(=O)Nc2ccccc2)ccc1OC(F)F. The lowest BCUT2D eigenvalue weighted by atomic mass is 10.2. The van der Waals surface area contributed by atoms with Crippen LogP contribution in [0.2, 0.25) is 0 Å². The van der Waals surface area contributed by atoms with Crippen molar-refractivity contribution in [3.05, 3.63) is 54.1 Å². The average Bonchev–Trinajstić information content (AvgIpc) is 2.63. The van der Waals surface area contributed by atoms with Crippen LogP contribution < -0.4 is 14.8 Å². The molecule has 2 aromatic rings. The van der Waals surface area contributed by atoms with Crippen LogP contribution in [0.25, 0.3) is 0 Å². The van der Waals surface area contributed by atoms with Crippen molar-refractivity contribution in [1.82, 2.24) is 0 Å². The van der Waals surface area contributed by atoms with Gasteiger partial charge in [-0.05, 0) is 44.2 Å². The fraction of sp³-hybridized carbons (Fsp3) is 0.263. The molecule has 0 saturated carbocycles. The molecule has 0 unspecified atom stereocenters. The highest BCUT2D eigenvalue weighted by Gasteiger charge is 2.21. The van der Waals surface area contributed by atoms with E-state index in [1.807, 2.05) is 0 Å². The topological polar surface area (TPSA) is 73.9 Å². The van der Waals surface area contributed by atoms with E-state index in [4.69, 9.17) is 9.47 Å². The van der Waals surface area contributed by atoms with E-state index in [0.29, 0.717) is 5.69 Å². The van der Waals surface area contributed by atoms with Gasteiger partial charge in [0.2, 0.25) is 0 Å². The van der Waals surface area contributed by atoms with Gasteiger partial charge in [-0.2, -0.15) is 8.78 Å². The lowest BCUT2D eigenvalue weighted by Crippen LogP contribution is -2.30. The number of benzene rings is 2. The Morgan fingerprint density at radius 2 is 1.78 bits per heavy atom. The van der Waals surface area contributed by atoms with Gasteiger partial charge in [-0.25, -0.2) is 4.79 Å². The summed E-state index contributed by atoms with van der Waals surface area (Å²) in [5.41, 5.74) is 0.608. The van der Waals surface area contributed by atoms with Crippen LogP contribution in [0.15, 0.2) is 48.5 Å². The molecule has 6 nitrogen and oxygen atoms in total. The number of halogens is 2. The summed E-state index contributed by atoms with van der Waals surface area (Å²) in [6, 6.07) is 12.4. The normalized spacial score (nSPS) is 11.6. The zero-order chi connectivity index (χ0) is 19.8. The highest BCUT2D eigenvalue weighted by molar-refractivity contribution is 5.97. The third kappa shape index (κ3) is 5.95. The molecular formula is C19H19F2NO5. The molecule has 0 radical (unpaired) electrons. The summed E-state index contributed by atoms with van der Waals surface area (Å²) in [6.45, 7) is 0.249. The second-order valence-electron chi connectivity index (χ2n) is 5.38. The fourth-order valence-electron chi connectivity index (χ4n) is 2.14. The molecule has 2 rings (SSSR count). The molecule has 1 amide bonds. The van der Waals surface area contributed by atoms with Crippen LogP contribution in [0.3, 0.4) is 0 Å². The highest BCUT2D eigenvalue weighted by atomic mass is 19.3. The van der Waals surface area contributed by atoms with Crippen molar-refractivity contribution < 1.29 is 32.6 Å². The third-order valence-corrected chi connectivity index (χ3v) is 3.39. The van der Waals surface area contributed by atoms with Crippen LogP contribution in [-0.2, 0) is 9.53 Å². The first kappa shape index (κ1) is 20.2. The molecule has 0 aliphatic carbocycles. The summed E-state index contributed by atoms with van der Waals surface area (Å²) >= 11 is 0. The number of carbonyl (C=O) groups is 2. The summed E-state index contributed by atoms with van der Waals surface area (Å²) in [4.78, 5) is 24.4. The number of hydrogen-bond acceptors (Lipinski definition) is 5. The van der Waals surface area contributed by atoms with E-state index in [0.717, 1.165) is 0 Å². The second-order valence-corrected chi connectivity index (χ2v) is 5.38. The molecule has 1 N–H and O–H groups in total. The number of amides is 1. The zero-order valence-electron chi connectivity index (χ0n) is 14.8. The summed E-state index contributed by atoms with van der Waals surface area (Å²) < 4.78 is 39.5. The molecule has 0 aliphatic rings. The number of para-hydroxylation sites is 1. The van der Waals surface area contributed by atoms with E-state index >= 15 is 0 Å². The minimum Gasteiger partial charge on any atom is -0.490 e. The average molecular weight is 379 g/mol. The number of rotatable bonds is 8. The van der Waals surface area contributed by atoms with Gasteiger partial charge in [0.25, 0.3) is 5.91 Å². The monoisotopic (exact) mass is 379 g/mol. The van der Waals surface area contributed by atoms with Gasteiger partial charge < -0.3 is 19.5 Å². The molecule has 0 aliphatic heterocycles. The van der Waals surface area contributed by atoms with Gasteiger partial charge >= 0.3 is 12.6 Å². The lowest BCUT2D eigenvalue weighted by Gasteiger charge is -2.15. The smallest absolute Gasteiger partial charge is 0.387 e. The summed E-state index contributed by atoms with van der Waals surface area (Å²) in [7, 11) is 0. The number of nitrogens with one attached hydrogen (secondary N) is 1. The van der Waals surface area contributed by atoms with E-state index < -0.39 is 24.6 Å². The number of hydrogen-bond donors (Lipinski definition) is 1. The maximum absolute atomic E-state index is 12.4. The number of esters is 1. The molecule has 1 atom stereocenters. The van der Waals surface area contributed by atoms with Crippen molar-refractivity contribution in [1.29, 1.82) is 0 Å². The van der Waals surface area contributed by atoms with Crippen LogP contribution in [0, 0.1) is 0 Å². The Labute approximate surface area is 155 Å². The third-order valence-electron chi connectivity index (χ3n) is 3.39. The van der Waals surface area contributed by atoms with Gasteiger partial charge in [0.1, 0.15) is 0 Å². The van der Waals surface area contributed by atoms with Crippen molar-refractivity contribution in [3.8, 4) is 11.5 Å². The van der Waals surface area contributed by atoms with E-state index in [-0.39, 0.29) is 23.7 Å². The molecule has 27 heavy (non-hydrogen) atoms. The number of anilines is 1. The Bertz CT molecular complexity index is 783. The van der Waals surface area contributed by atoms with E-state index in [2.05, 4.69) is 10.1 Å². The molecule has 2 aromatic carbocycles. The first-order chi connectivity index (χ1) is 12.9. The maximum Gasteiger partial charge on any atom is 0.387 e. The molecular weight excluding hydrogens is 360 g/mol. The van der Waals surface area contributed by atoms with Crippen molar-refractivity contribution in [2.24, 2.45) is 0 Å². The molecule has 0 heterocycles. The van der Waals surface area contributed by atoms with E-state index in [1.54, 1.807) is 37.3 Å². The predicted molar refractivity (Wildman–Crippen MR) is 94.2 cm³/mol. The highest BCUT2D eigenvalue weighted by Crippen LogP contribution is 2.30. The Kier molecular flexibility index (Phi) is 7.10. The minimum atomic E-state index is -3.02. The van der Waals surface area contributed by atoms with Crippen molar-refractivity contribution in [2.45, 2.75) is 26.6 Å². The molecule has 0 spiro atoms. The second kappa shape index (κ2) is 9.51. The Morgan fingerprint density at radius 1 is 1.07 bits per heavy atom. The minimum absolute atomic E-state index is 0.0198. The zero-order valence-corrected chi connectivity index (χ0v) is 14.8. The van der Waals surface area contributed by atoms with Crippen molar-refractivity contribution in [3.63, 3.8) is 0 Å². The van der Waals surface area contributed by atoms with Crippen LogP contribution in [-0.4, -0.2) is 31.2 Å². The van der Waals surface area contributed by atoms with E-state index in [9.17, 15) is 18.4 Å². The van der Waals surface area contributed by atoms with Gasteiger partial charge in [-0.15, -0.1) is 0 Å². The van der Waals surface area contributed by atoms with Crippen LogP contribution >= 0.6 is 0 Å². The molecule has 0 saturated heterocycles. The van der Waals surface area contributed by atoms with Crippen LogP contribution in [0.5, 0.6) is 11.5 Å². The number of ether oxygens (including phenoxy) is 3.